The first-order chi connectivity index (χ1) is 12.7. The molecule has 0 saturated carbocycles. The minimum atomic E-state index is 0.0321. The van der Waals surface area contributed by atoms with Crippen molar-refractivity contribution in [3.63, 3.8) is 0 Å². The molecule has 2 aromatic carbocycles. The Bertz CT molecular complexity index is 761. The van der Waals surface area contributed by atoms with Gasteiger partial charge in [-0.05, 0) is 24.6 Å². The van der Waals surface area contributed by atoms with E-state index in [0.29, 0.717) is 38.2 Å². The SMILES string of the molecule is COc1ccccc1CC(=O)N1CCCN(C(=O)c2ccccc2)CC1. The van der Waals surface area contributed by atoms with Gasteiger partial charge in [-0.2, -0.15) is 0 Å². The van der Waals surface area contributed by atoms with Crippen molar-refractivity contribution in [1.82, 2.24) is 9.80 Å². The third-order valence-corrected chi connectivity index (χ3v) is 4.69. The van der Waals surface area contributed by atoms with E-state index in [-0.39, 0.29) is 11.8 Å². The lowest BCUT2D eigenvalue weighted by atomic mass is 10.1. The summed E-state index contributed by atoms with van der Waals surface area (Å²) in [7, 11) is 1.61. The van der Waals surface area contributed by atoms with Crippen LogP contribution < -0.4 is 4.74 Å². The first kappa shape index (κ1) is 18.0. The zero-order valence-corrected chi connectivity index (χ0v) is 15.1. The number of carbonyl (C=O) groups is 2. The number of methoxy groups -OCH3 is 1. The molecule has 0 radical (unpaired) electrons. The molecule has 5 nitrogen and oxygen atoms in total. The molecule has 0 aliphatic carbocycles. The first-order valence-electron chi connectivity index (χ1n) is 8.93. The highest BCUT2D eigenvalue weighted by molar-refractivity contribution is 5.94. The van der Waals surface area contributed by atoms with E-state index < -0.39 is 0 Å². The molecule has 1 fully saturated rings. The van der Waals surface area contributed by atoms with Crippen LogP contribution in [0.25, 0.3) is 0 Å². The van der Waals surface area contributed by atoms with Crippen LogP contribution in [0.15, 0.2) is 54.6 Å². The summed E-state index contributed by atoms with van der Waals surface area (Å²) in [4.78, 5) is 29.0. The minimum Gasteiger partial charge on any atom is -0.496 e. The second-order valence-electron chi connectivity index (χ2n) is 6.38. The highest BCUT2D eigenvalue weighted by atomic mass is 16.5. The summed E-state index contributed by atoms with van der Waals surface area (Å²) in [5.74, 6) is 0.838. The molecule has 136 valence electrons. The summed E-state index contributed by atoms with van der Waals surface area (Å²) < 4.78 is 5.33. The molecule has 0 unspecified atom stereocenters. The van der Waals surface area contributed by atoms with Crippen molar-refractivity contribution < 1.29 is 14.3 Å². The van der Waals surface area contributed by atoms with Gasteiger partial charge in [0, 0.05) is 37.3 Å². The fraction of sp³-hybridized carbons (Fsp3) is 0.333. The predicted molar refractivity (Wildman–Crippen MR) is 100 cm³/mol. The molecule has 0 atom stereocenters. The Labute approximate surface area is 154 Å². The number of rotatable bonds is 4. The smallest absolute Gasteiger partial charge is 0.253 e. The molecule has 0 N–H and O–H groups in total. The van der Waals surface area contributed by atoms with Gasteiger partial charge >= 0.3 is 0 Å². The van der Waals surface area contributed by atoms with Gasteiger partial charge in [-0.1, -0.05) is 36.4 Å². The molecule has 0 aromatic heterocycles. The molecule has 2 amide bonds. The van der Waals surface area contributed by atoms with Crippen LogP contribution in [0.4, 0.5) is 0 Å². The Morgan fingerprint density at radius 1 is 0.885 bits per heavy atom. The Morgan fingerprint density at radius 2 is 1.54 bits per heavy atom. The Balaban J connectivity index is 1.61. The van der Waals surface area contributed by atoms with E-state index in [2.05, 4.69) is 0 Å². The van der Waals surface area contributed by atoms with Crippen molar-refractivity contribution in [2.24, 2.45) is 0 Å². The number of nitrogens with zero attached hydrogens (tertiary/aromatic N) is 2. The summed E-state index contributed by atoms with van der Waals surface area (Å²) in [6, 6.07) is 16.9. The van der Waals surface area contributed by atoms with Gasteiger partial charge in [0.2, 0.25) is 5.91 Å². The van der Waals surface area contributed by atoms with Gasteiger partial charge in [-0.15, -0.1) is 0 Å². The highest BCUT2D eigenvalue weighted by Crippen LogP contribution is 2.19. The van der Waals surface area contributed by atoms with Gasteiger partial charge in [0.05, 0.1) is 13.5 Å². The average Bonchev–Trinajstić information content (AvgIpc) is 2.95. The Morgan fingerprint density at radius 3 is 2.31 bits per heavy atom. The number of hydrogen-bond donors (Lipinski definition) is 0. The van der Waals surface area contributed by atoms with Crippen LogP contribution in [0.5, 0.6) is 5.75 Å². The van der Waals surface area contributed by atoms with Crippen LogP contribution in [0.2, 0.25) is 0 Å². The summed E-state index contributed by atoms with van der Waals surface area (Å²) in [5, 5.41) is 0. The number of para-hydroxylation sites is 1. The second-order valence-corrected chi connectivity index (χ2v) is 6.38. The summed E-state index contributed by atoms with van der Waals surface area (Å²) >= 11 is 0. The van der Waals surface area contributed by atoms with E-state index in [1.54, 1.807) is 7.11 Å². The van der Waals surface area contributed by atoms with Gasteiger partial charge in [0.25, 0.3) is 5.91 Å². The molecule has 2 aromatic rings. The van der Waals surface area contributed by atoms with Crippen LogP contribution in [-0.2, 0) is 11.2 Å². The maximum atomic E-state index is 12.7. The quantitative estimate of drug-likeness (QED) is 0.850. The molecule has 1 aliphatic rings. The van der Waals surface area contributed by atoms with E-state index in [4.69, 9.17) is 4.74 Å². The van der Waals surface area contributed by atoms with Gasteiger partial charge in [-0.25, -0.2) is 0 Å². The number of carbonyl (C=O) groups excluding carboxylic acids is 2. The fourth-order valence-corrected chi connectivity index (χ4v) is 3.26. The van der Waals surface area contributed by atoms with Gasteiger partial charge in [0.15, 0.2) is 0 Å². The van der Waals surface area contributed by atoms with Crippen molar-refractivity contribution in [2.75, 3.05) is 33.3 Å². The van der Waals surface area contributed by atoms with E-state index in [0.717, 1.165) is 17.7 Å². The minimum absolute atomic E-state index is 0.0321. The van der Waals surface area contributed by atoms with Gasteiger partial charge in [-0.3, -0.25) is 9.59 Å². The lowest BCUT2D eigenvalue weighted by molar-refractivity contribution is -0.130. The standard InChI is InChI=1S/C21H24N2O3/c1-26-19-11-6-5-10-18(19)16-20(24)22-12-7-13-23(15-14-22)21(25)17-8-3-2-4-9-17/h2-6,8-11H,7,12-16H2,1H3. The molecular formula is C21H24N2O3. The molecule has 1 aliphatic heterocycles. The van der Waals surface area contributed by atoms with Crippen LogP contribution in [0, 0.1) is 0 Å². The fourth-order valence-electron chi connectivity index (χ4n) is 3.26. The largest absolute Gasteiger partial charge is 0.496 e. The summed E-state index contributed by atoms with van der Waals surface area (Å²) in [6.07, 6.45) is 1.10. The molecule has 0 bridgehead atoms. The Hall–Kier alpha value is -2.82. The zero-order chi connectivity index (χ0) is 18.4. The van der Waals surface area contributed by atoms with Gasteiger partial charge in [0.1, 0.15) is 5.75 Å². The lowest BCUT2D eigenvalue weighted by Gasteiger charge is -2.22. The Kier molecular flexibility index (Phi) is 5.89. The lowest BCUT2D eigenvalue weighted by Crippen LogP contribution is -2.38. The molecule has 3 rings (SSSR count). The maximum Gasteiger partial charge on any atom is 0.253 e. The van der Waals surface area contributed by atoms with Crippen molar-refractivity contribution in [1.29, 1.82) is 0 Å². The molecule has 5 heteroatoms. The van der Waals surface area contributed by atoms with Crippen LogP contribution >= 0.6 is 0 Å². The number of ether oxygens (including phenoxy) is 1. The van der Waals surface area contributed by atoms with Crippen molar-refractivity contribution in [3.8, 4) is 5.75 Å². The topological polar surface area (TPSA) is 49.9 Å². The van der Waals surface area contributed by atoms with E-state index in [9.17, 15) is 9.59 Å². The molecule has 1 saturated heterocycles. The van der Waals surface area contributed by atoms with E-state index in [1.807, 2.05) is 64.4 Å². The van der Waals surface area contributed by atoms with Crippen LogP contribution in [0.3, 0.4) is 0 Å². The highest BCUT2D eigenvalue weighted by Gasteiger charge is 2.23. The summed E-state index contributed by atoms with van der Waals surface area (Å²) in [5.41, 5.74) is 1.59. The molecular weight excluding hydrogens is 328 g/mol. The van der Waals surface area contributed by atoms with E-state index >= 15 is 0 Å². The molecule has 1 heterocycles. The van der Waals surface area contributed by atoms with Crippen molar-refractivity contribution in [3.05, 3.63) is 65.7 Å². The van der Waals surface area contributed by atoms with Crippen LogP contribution in [0.1, 0.15) is 22.3 Å². The number of benzene rings is 2. The van der Waals surface area contributed by atoms with Crippen molar-refractivity contribution in [2.45, 2.75) is 12.8 Å². The average molecular weight is 352 g/mol. The van der Waals surface area contributed by atoms with Gasteiger partial charge < -0.3 is 14.5 Å². The molecule has 26 heavy (non-hydrogen) atoms. The maximum absolute atomic E-state index is 12.7. The second kappa shape index (κ2) is 8.52. The van der Waals surface area contributed by atoms with Crippen LogP contribution in [-0.4, -0.2) is 54.9 Å². The normalized spacial score (nSPS) is 14.7. The first-order valence-corrected chi connectivity index (χ1v) is 8.93. The third-order valence-electron chi connectivity index (χ3n) is 4.69. The monoisotopic (exact) mass is 352 g/mol. The number of hydrogen-bond acceptors (Lipinski definition) is 3. The van der Waals surface area contributed by atoms with Crippen molar-refractivity contribution >= 4 is 11.8 Å². The zero-order valence-electron chi connectivity index (χ0n) is 15.1. The molecule has 0 spiro atoms. The summed E-state index contributed by atoms with van der Waals surface area (Å²) in [6.45, 7) is 2.47. The third kappa shape index (κ3) is 4.23. The van der Waals surface area contributed by atoms with E-state index in [1.165, 1.54) is 0 Å². The number of amides is 2. The predicted octanol–water partition coefficient (Wildman–Crippen LogP) is 2.61.